The fourth-order valence-corrected chi connectivity index (χ4v) is 3.92. The lowest BCUT2D eigenvalue weighted by atomic mass is 10.1. The summed E-state index contributed by atoms with van der Waals surface area (Å²) in [6.45, 7) is 12.1. The van der Waals surface area contributed by atoms with Gasteiger partial charge in [0.05, 0.1) is 13.2 Å². The molecule has 0 aromatic heterocycles. The SMILES string of the molecule is CC=C(C)C(=O)OCCc1ccc(N(c2ccc(CCOC(=O)C(C)=CC)cc2)c2ccc(C)c(C)c2)cc1. The van der Waals surface area contributed by atoms with Gasteiger partial charge in [0.2, 0.25) is 0 Å². The molecule has 0 radical (unpaired) electrons. The summed E-state index contributed by atoms with van der Waals surface area (Å²) in [5.74, 6) is -0.547. The van der Waals surface area contributed by atoms with Gasteiger partial charge in [-0.2, -0.15) is 0 Å². The highest BCUT2D eigenvalue weighted by molar-refractivity contribution is 5.88. The van der Waals surface area contributed by atoms with Crippen LogP contribution in [-0.4, -0.2) is 25.2 Å². The molecule has 0 aliphatic carbocycles. The third-order valence-corrected chi connectivity index (χ3v) is 6.90. The van der Waals surface area contributed by atoms with Crippen LogP contribution in [0.4, 0.5) is 17.1 Å². The lowest BCUT2D eigenvalue weighted by Crippen LogP contribution is -2.11. The third kappa shape index (κ3) is 8.18. The first-order chi connectivity index (χ1) is 18.7. The first-order valence-electron chi connectivity index (χ1n) is 13.4. The average molecular weight is 526 g/mol. The summed E-state index contributed by atoms with van der Waals surface area (Å²) >= 11 is 0. The van der Waals surface area contributed by atoms with Gasteiger partial charge in [-0.15, -0.1) is 0 Å². The highest BCUT2D eigenvalue weighted by Gasteiger charge is 2.14. The van der Waals surface area contributed by atoms with E-state index < -0.39 is 0 Å². The van der Waals surface area contributed by atoms with Gasteiger partial charge in [0, 0.05) is 41.1 Å². The number of carbonyl (C=O) groups excluding carboxylic acids is 2. The topological polar surface area (TPSA) is 55.8 Å². The molecule has 3 aromatic rings. The number of aryl methyl sites for hydroxylation is 2. The molecule has 0 amide bonds. The summed E-state index contributed by atoms with van der Waals surface area (Å²) < 4.78 is 10.7. The van der Waals surface area contributed by atoms with Crippen molar-refractivity contribution in [2.75, 3.05) is 18.1 Å². The van der Waals surface area contributed by atoms with E-state index in [0.29, 0.717) is 37.2 Å². The first kappa shape index (κ1) is 29.4. The summed E-state index contributed by atoms with van der Waals surface area (Å²) in [5, 5.41) is 0. The van der Waals surface area contributed by atoms with Crippen molar-refractivity contribution in [1.29, 1.82) is 0 Å². The third-order valence-electron chi connectivity index (χ3n) is 6.90. The van der Waals surface area contributed by atoms with Gasteiger partial charge in [-0.05, 0) is 100 Å². The smallest absolute Gasteiger partial charge is 0.333 e. The van der Waals surface area contributed by atoms with Crippen LogP contribution in [0.25, 0.3) is 0 Å². The first-order valence-corrected chi connectivity index (χ1v) is 13.4. The Morgan fingerprint density at radius 2 is 1.05 bits per heavy atom. The van der Waals surface area contributed by atoms with E-state index in [1.807, 2.05) is 13.8 Å². The second-order valence-corrected chi connectivity index (χ2v) is 9.65. The lowest BCUT2D eigenvalue weighted by Gasteiger charge is -2.26. The van der Waals surface area contributed by atoms with E-state index in [1.165, 1.54) is 11.1 Å². The van der Waals surface area contributed by atoms with Crippen LogP contribution in [0.1, 0.15) is 49.9 Å². The van der Waals surface area contributed by atoms with Crippen molar-refractivity contribution in [2.45, 2.75) is 54.4 Å². The van der Waals surface area contributed by atoms with Crippen LogP contribution in [0.3, 0.4) is 0 Å². The van der Waals surface area contributed by atoms with Crippen molar-refractivity contribution >= 4 is 29.0 Å². The largest absolute Gasteiger partial charge is 0.462 e. The molecule has 3 rings (SSSR count). The zero-order valence-corrected chi connectivity index (χ0v) is 23.9. The van der Waals surface area contributed by atoms with E-state index in [9.17, 15) is 9.59 Å². The quantitative estimate of drug-likeness (QED) is 0.188. The average Bonchev–Trinajstić information content (AvgIpc) is 2.95. The second kappa shape index (κ2) is 14.1. The van der Waals surface area contributed by atoms with Gasteiger partial charge in [-0.3, -0.25) is 0 Å². The van der Waals surface area contributed by atoms with Crippen LogP contribution in [0, 0.1) is 13.8 Å². The molecular weight excluding hydrogens is 486 g/mol. The Kier molecular flexibility index (Phi) is 10.7. The molecule has 0 aliphatic rings. The van der Waals surface area contributed by atoms with Gasteiger partial charge >= 0.3 is 11.9 Å². The van der Waals surface area contributed by atoms with E-state index in [2.05, 4.69) is 85.5 Å². The Bertz CT molecular complexity index is 1260. The predicted molar refractivity (Wildman–Crippen MR) is 159 cm³/mol. The van der Waals surface area contributed by atoms with Gasteiger partial charge in [0.25, 0.3) is 0 Å². The molecule has 0 saturated carbocycles. The molecule has 0 unspecified atom stereocenters. The minimum Gasteiger partial charge on any atom is -0.462 e. The maximum Gasteiger partial charge on any atom is 0.333 e. The number of benzene rings is 3. The monoisotopic (exact) mass is 525 g/mol. The van der Waals surface area contributed by atoms with E-state index in [1.54, 1.807) is 26.0 Å². The Hall–Kier alpha value is -4.12. The van der Waals surface area contributed by atoms with E-state index in [-0.39, 0.29) is 11.9 Å². The molecule has 0 atom stereocenters. The minimum atomic E-state index is -0.274. The molecule has 0 fully saturated rings. The summed E-state index contributed by atoms with van der Waals surface area (Å²) in [7, 11) is 0. The summed E-state index contributed by atoms with van der Waals surface area (Å²) in [6.07, 6.45) is 4.82. The fraction of sp³-hybridized carbons (Fsp3) is 0.294. The molecule has 0 bridgehead atoms. The zero-order chi connectivity index (χ0) is 28.4. The molecule has 0 heterocycles. The lowest BCUT2D eigenvalue weighted by molar-refractivity contribution is -0.139. The Balaban J connectivity index is 1.78. The van der Waals surface area contributed by atoms with Gasteiger partial charge in [0.15, 0.2) is 0 Å². The number of carbonyl (C=O) groups is 2. The van der Waals surface area contributed by atoms with Crippen LogP contribution >= 0.6 is 0 Å². The van der Waals surface area contributed by atoms with Crippen molar-refractivity contribution in [2.24, 2.45) is 0 Å². The molecule has 204 valence electrons. The van der Waals surface area contributed by atoms with E-state index >= 15 is 0 Å². The van der Waals surface area contributed by atoms with Crippen molar-refractivity contribution in [3.05, 3.63) is 112 Å². The molecule has 5 nitrogen and oxygen atoms in total. The summed E-state index contributed by atoms with van der Waals surface area (Å²) in [5.41, 5.74) is 9.04. The Labute approximate surface area is 232 Å². The molecule has 0 N–H and O–H groups in total. The maximum atomic E-state index is 11.9. The van der Waals surface area contributed by atoms with Crippen LogP contribution in [0.2, 0.25) is 0 Å². The number of nitrogens with zero attached hydrogens (tertiary/aromatic N) is 1. The van der Waals surface area contributed by atoms with Crippen LogP contribution < -0.4 is 4.90 Å². The number of esters is 2. The predicted octanol–water partition coefficient (Wildman–Crippen LogP) is 7.88. The summed E-state index contributed by atoms with van der Waals surface area (Å²) in [4.78, 5) is 26.0. The van der Waals surface area contributed by atoms with Gasteiger partial charge in [-0.1, -0.05) is 42.5 Å². The minimum absolute atomic E-state index is 0.274. The van der Waals surface area contributed by atoms with Gasteiger partial charge in [0.1, 0.15) is 0 Å². The molecule has 5 heteroatoms. The molecule has 39 heavy (non-hydrogen) atoms. The number of hydrogen-bond acceptors (Lipinski definition) is 5. The standard InChI is InChI=1S/C34H39NO4/c1-7-24(3)33(36)38-21-19-28-10-15-30(16-11-28)35(32-14-9-26(5)27(6)23-32)31-17-12-29(13-18-31)20-22-39-34(37)25(4)8-2/h7-18,23H,19-22H2,1-6H3. The highest BCUT2D eigenvalue weighted by atomic mass is 16.5. The highest BCUT2D eigenvalue weighted by Crippen LogP contribution is 2.35. The van der Waals surface area contributed by atoms with Crippen LogP contribution in [-0.2, 0) is 31.9 Å². The normalized spacial score (nSPS) is 11.7. The number of ether oxygens (including phenoxy) is 2. The Morgan fingerprint density at radius 1 is 0.641 bits per heavy atom. The second-order valence-electron chi connectivity index (χ2n) is 9.65. The molecular formula is C34H39NO4. The number of rotatable bonds is 11. The van der Waals surface area contributed by atoms with Crippen LogP contribution in [0.5, 0.6) is 0 Å². The van der Waals surface area contributed by atoms with E-state index in [0.717, 1.165) is 28.2 Å². The van der Waals surface area contributed by atoms with Gasteiger partial charge < -0.3 is 14.4 Å². The van der Waals surface area contributed by atoms with Crippen molar-refractivity contribution in [3.8, 4) is 0 Å². The molecule has 0 aliphatic heterocycles. The molecule has 0 saturated heterocycles. The van der Waals surface area contributed by atoms with Crippen molar-refractivity contribution in [3.63, 3.8) is 0 Å². The van der Waals surface area contributed by atoms with Gasteiger partial charge in [-0.25, -0.2) is 9.59 Å². The zero-order valence-electron chi connectivity index (χ0n) is 23.9. The fourth-order valence-electron chi connectivity index (χ4n) is 3.92. The van der Waals surface area contributed by atoms with Crippen molar-refractivity contribution < 1.29 is 19.1 Å². The van der Waals surface area contributed by atoms with Crippen molar-refractivity contribution in [1.82, 2.24) is 0 Å². The molecule has 0 spiro atoms. The van der Waals surface area contributed by atoms with E-state index in [4.69, 9.17) is 9.47 Å². The number of allylic oxidation sites excluding steroid dienone is 2. The number of anilines is 3. The molecule has 3 aromatic carbocycles. The summed E-state index contributed by atoms with van der Waals surface area (Å²) in [6, 6.07) is 23.2. The Morgan fingerprint density at radius 3 is 1.44 bits per heavy atom. The number of hydrogen-bond donors (Lipinski definition) is 0. The maximum absolute atomic E-state index is 11.9. The van der Waals surface area contributed by atoms with Crippen LogP contribution in [0.15, 0.2) is 90.0 Å².